The van der Waals surface area contributed by atoms with Gasteiger partial charge in [0.15, 0.2) is 6.29 Å². The summed E-state index contributed by atoms with van der Waals surface area (Å²) in [4.78, 5) is 21.4. The third-order valence-electron chi connectivity index (χ3n) is 4.35. The minimum Gasteiger partial charge on any atom is -0.491 e. The molecular formula is C29H36O7. The molecule has 0 aromatic heterocycles. The zero-order valence-corrected chi connectivity index (χ0v) is 21.5. The lowest BCUT2D eigenvalue weighted by Crippen LogP contribution is -2.18. The summed E-state index contributed by atoms with van der Waals surface area (Å²) in [6, 6.07) is 15.0. The zero-order valence-electron chi connectivity index (χ0n) is 21.5. The Balaban J connectivity index is 0.000000272. The molecule has 7 nitrogen and oxygen atoms in total. The van der Waals surface area contributed by atoms with Crippen molar-refractivity contribution in [3.63, 3.8) is 0 Å². The average Bonchev–Trinajstić information content (AvgIpc) is 3.69. The molecule has 7 heteroatoms. The number of epoxide rings is 1. The first kappa shape index (κ1) is 30.4. The van der Waals surface area contributed by atoms with Gasteiger partial charge in [-0.1, -0.05) is 56.2 Å². The smallest absolute Gasteiger partial charge is 0.335 e. The Bertz CT molecular complexity index is 974. The molecule has 0 spiro atoms. The summed E-state index contributed by atoms with van der Waals surface area (Å²) in [5.74, 6) is 0.738. The van der Waals surface area contributed by atoms with Gasteiger partial charge in [-0.2, -0.15) is 0 Å². The van der Waals surface area contributed by atoms with Crippen LogP contribution in [0.25, 0.3) is 12.2 Å². The van der Waals surface area contributed by atoms with Crippen molar-refractivity contribution in [1.29, 1.82) is 0 Å². The fraction of sp³-hybridized carbons (Fsp3) is 0.310. The van der Waals surface area contributed by atoms with E-state index in [9.17, 15) is 9.59 Å². The molecule has 194 valence electrons. The van der Waals surface area contributed by atoms with E-state index in [0.29, 0.717) is 30.6 Å². The topological polar surface area (TPSA) is 83.6 Å². The summed E-state index contributed by atoms with van der Waals surface area (Å²) in [6.45, 7) is 19.3. The van der Waals surface area contributed by atoms with Crippen LogP contribution in [0.15, 0.2) is 73.8 Å². The summed E-state index contributed by atoms with van der Waals surface area (Å²) in [6.07, 6.45) is 3.38. The van der Waals surface area contributed by atoms with Crippen LogP contribution in [0.1, 0.15) is 38.8 Å². The van der Waals surface area contributed by atoms with Gasteiger partial charge in [0.05, 0.1) is 6.61 Å². The van der Waals surface area contributed by atoms with E-state index in [2.05, 4.69) is 19.7 Å². The number of benzene rings is 2. The Morgan fingerprint density at radius 3 is 1.89 bits per heavy atom. The molecule has 0 N–H and O–H groups in total. The van der Waals surface area contributed by atoms with E-state index in [-0.39, 0.29) is 5.97 Å². The molecule has 1 saturated heterocycles. The standard InChI is InChI=1S/C11H12O2.C10H10O2.C8H14O3/c1-2-9-3-5-10(6-4-9)12-7-11-8-13-11;1-3-9-4-6-10(7-5-9)12-8(2)11;1-5-10-7(4)11-8(9)6(2)3/h2-6,11H,1,7-8H2;3-7H,1H2,2H3;7H,2,5H2,1,3-4H3. The summed E-state index contributed by atoms with van der Waals surface area (Å²) in [5.41, 5.74) is 2.50. The maximum absolute atomic E-state index is 10.8. The summed E-state index contributed by atoms with van der Waals surface area (Å²) in [5, 5.41) is 0. The number of rotatable bonds is 10. The Morgan fingerprint density at radius 1 is 1.00 bits per heavy atom. The molecule has 0 radical (unpaired) electrons. The SMILES string of the molecule is C=C(C)C(=O)OC(C)OCC.C=Cc1ccc(OC(C)=O)cc1.C=Cc1ccc(OCC2CO2)cc1. The van der Waals surface area contributed by atoms with E-state index < -0.39 is 12.3 Å². The van der Waals surface area contributed by atoms with Gasteiger partial charge in [-0.05, 0) is 56.2 Å². The van der Waals surface area contributed by atoms with Crippen LogP contribution < -0.4 is 9.47 Å². The van der Waals surface area contributed by atoms with Crippen LogP contribution in [-0.2, 0) is 23.8 Å². The first-order chi connectivity index (χ1) is 17.2. The van der Waals surface area contributed by atoms with Crippen molar-refractivity contribution in [2.45, 2.75) is 40.1 Å². The molecule has 0 saturated carbocycles. The van der Waals surface area contributed by atoms with Crippen LogP contribution >= 0.6 is 0 Å². The molecule has 0 aliphatic carbocycles. The van der Waals surface area contributed by atoms with E-state index in [1.165, 1.54) is 6.92 Å². The Morgan fingerprint density at radius 2 is 1.50 bits per heavy atom. The third kappa shape index (κ3) is 13.9. The minimum absolute atomic E-state index is 0.304. The predicted octanol–water partition coefficient (Wildman–Crippen LogP) is 5.85. The number of carbonyl (C=O) groups excluding carboxylic acids is 2. The van der Waals surface area contributed by atoms with E-state index in [1.807, 2.05) is 49.4 Å². The first-order valence-electron chi connectivity index (χ1n) is 11.5. The highest BCUT2D eigenvalue weighted by Gasteiger charge is 2.22. The van der Waals surface area contributed by atoms with Gasteiger partial charge >= 0.3 is 11.9 Å². The fourth-order valence-corrected chi connectivity index (χ4v) is 2.41. The molecule has 2 atom stereocenters. The second kappa shape index (κ2) is 16.9. The van der Waals surface area contributed by atoms with Crippen molar-refractivity contribution >= 4 is 24.1 Å². The van der Waals surface area contributed by atoms with Gasteiger partial charge in [-0.25, -0.2) is 4.79 Å². The monoisotopic (exact) mass is 496 g/mol. The first-order valence-corrected chi connectivity index (χ1v) is 11.5. The van der Waals surface area contributed by atoms with Crippen LogP contribution in [0, 0.1) is 0 Å². The number of ether oxygens (including phenoxy) is 5. The zero-order chi connectivity index (χ0) is 26.9. The Labute approximate surface area is 214 Å². The van der Waals surface area contributed by atoms with Crippen molar-refractivity contribution in [2.75, 3.05) is 19.8 Å². The lowest BCUT2D eigenvalue weighted by Gasteiger charge is -2.11. The highest BCUT2D eigenvalue weighted by Crippen LogP contribution is 2.16. The van der Waals surface area contributed by atoms with Crippen LogP contribution in [0.3, 0.4) is 0 Å². The Hall–Kier alpha value is -3.68. The van der Waals surface area contributed by atoms with E-state index >= 15 is 0 Å². The third-order valence-corrected chi connectivity index (χ3v) is 4.35. The number of esters is 2. The second-order valence-corrected chi connectivity index (χ2v) is 7.61. The fourth-order valence-electron chi connectivity index (χ4n) is 2.41. The lowest BCUT2D eigenvalue weighted by atomic mass is 10.2. The summed E-state index contributed by atoms with van der Waals surface area (Å²) in [7, 11) is 0. The van der Waals surface area contributed by atoms with Gasteiger partial charge < -0.3 is 23.7 Å². The van der Waals surface area contributed by atoms with Crippen molar-refractivity contribution in [3.8, 4) is 11.5 Å². The molecule has 3 rings (SSSR count). The van der Waals surface area contributed by atoms with Crippen LogP contribution in [0.5, 0.6) is 11.5 Å². The normalized spacial score (nSPS) is 13.8. The molecule has 1 fully saturated rings. The van der Waals surface area contributed by atoms with E-state index in [4.69, 9.17) is 23.7 Å². The van der Waals surface area contributed by atoms with Gasteiger partial charge in [0.2, 0.25) is 0 Å². The molecule has 1 aliphatic rings. The minimum atomic E-state index is -0.482. The molecule has 2 unspecified atom stereocenters. The molecule has 2 aromatic carbocycles. The maximum Gasteiger partial charge on any atom is 0.335 e. The van der Waals surface area contributed by atoms with Gasteiger partial charge in [0, 0.05) is 19.1 Å². The van der Waals surface area contributed by atoms with Crippen molar-refractivity contribution < 1.29 is 33.3 Å². The summed E-state index contributed by atoms with van der Waals surface area (Å²) < 4.78 is 25.1. The molecule has 0 amide bonds. The van der Waals surface area contributed by atoms with Crippen molar-refractivity contribution in [1.82, 2.24) is 0 Å². The highest BCUT2D eigenvalue weighted by atomic mass is 16.7. The highest BCUT2D eigenvalue weighted by molar-refractivity contribution is 5.86. The quantitative estimate of drug-likeness (QED) is 0.134. The molecular weight excluding hydrogens is 460 g/mol. The van der Waals surface area contributed by atoms with Crippen molar-refractivity contribution in [2.24, 2.45) is 0 Å². The molecule has 0 bridgehead atoms. The van der Waals surface area contributed by atoms with E-state index in [1.54, 1.807) is 32.1 Å². The largest absolute Gasteiger partial charge is 0.491 e. The van der Waals surface area contributed by atoms with Gasteiger partial charge in [0.25, 0.3) is 0 Å². The Kier molecular flexibility index (Phi) is 14.2. The van der Waals surface area contributed by atoms with E-state index in [0.717, 1.165) is 23.5 Å². The van der Waals surface area contributed by atoms with Crippen LogP contribution in [-0.4, -0.2) is 44.2 Å². The lowest BCUT2D eigenvalue weighted by molar-refractivity contribution is -0.169. The molecule has 36 heavy (non-hydrogen) atoms. The van der Waals surface area contributed by atoms with Crippen LogP contribution in [0.2, 0.25) is 0 Å². The number of hydrogen-bond acceptors (Lipinski definition) is 7. The number of hydrogen-bond donors (Lipinski definition) is 0. The number of carbonyl (C=O) groups is 2. The molecule has 1 aliphatic heterocycles. The molecule has 1 heterocycles. The average molecular weight is 497 g/mol. The predicted molar refractivity (Wildman–Crippen MR) is 142 cm³/mol. The summed E-state index contributed by atoms with van der Waals surface area (Å²) >= 11 is 0. The van der Waals surface area contributed by atoms with Gasteiger partial charge in [0.1, 0.15) is 24.2 Å². The maximum atomic E-state index is 10.8. The van der Waals surface area contributed by atoms with Gasteiger partial charge in [-0.15, -0.1) is 0 Å². The molecule has 2 aromatic rings. The van der Waals surface area contributed by atoms with Crippen molar-refractivity contribution in [3.05, 3.63) is 85.0 Å². The van der Waals surface area contributed by atoms with Gasteiger partial charge in [-0.3, -0.25) is 4.79 Å². The van der Waals surface area contributed by atoms with Crippen LogP contribution in [0.4, 0.5) is 0 Å². The second-order valence-electron chi connectivity index (χ2n) is 7.61.